The molecule has 1 aromatic rings. The molecule has 3 nitrogen and oxygen atoms in total. The van der Waals surface area contributed by atoms with Crippen LogP contribution in [0.15, 0.2) is 24.3 Å². The zero-order valence-electron chi connectivity index (χ0n) is 11.4. The van der Waals surface area contributed by atoms with Gasteiger partial charge in [0, 0.05) is 18.1 Å². The van der Waals surface area contributed by atoms with Crippen molar-refractivity contribution in [3.63, 3.8) is 0 Å². The van der Waals surface area contributed by atoms with Crippen LogP contribution in [-0.2, 0) is 11.2 Å². The van der Waals surface area contributed by atoms with Crippen molar-refractivity contribution in [2.75, 3.05) is 6.54 Å². The van der Waals surface area contributed by atoms with E-state index in [-0.39, 0.29) is 17.5 Å². The second-order valence-corrected chi connectivity index (χ2v) is 5.88. The summed E-state index contributed by atoms with van der Waals surface area (Å²) in [4.78, 5) is 14.3. The van der Waals surface area contributed by atoms with Gasteiger partial charge in [-0.1, -0.05) is 24.3 Å². The molecule has 1 heterocycles. The lowest BCUT2D eigenvalue weighted by atomic mass is 9.99. The molecule has 18 heavy (non-hydrogen) atoms. The average Bonchev–Trinajstić information content (AvgIpc) is 2.55. The van der Waals surface area contributed by atoms with Crippen molar-refractivity contribution in [3.05, 3.63) is 35.4 Å². The van der Waals surface area contributed by atoms with Crippen molar-refractivity contribution in [2.24, 2.45) is 5.73 Å². The summed E-state index contributed by atoms with van der Waals surface area (Å²) in [6, 6.07) is 8.16. The summed E-state index contributed by atoms with van der Waals surface area (Å²) in [7, 11) is 0. The summed E-state index contributed by atoms with van der Waals surface area (Å²) in [6.07, 6.45) is 1.36. The maximum atomic E-state index is 12.4. The van der Waals surface area contributed by atoms with E-state index in [4.69, 9.17) is 5.73 Å². The van der Waals surface area contributed by atoms with E-state index < -0.39 is 0 Å². The molecule has 98 valence electrons. The van der Waals surface area contributed by atoms with Crippen LogP contribution in [-0.4, -0.2) is 28.9 Å². The molecule has 1 aromatic carbocycles. The summed E-state index contributed by atoms with van der Waals surface area (Å²) < 4.78 is 0. The smallest absolute Gasteiger partial charge is 0.227 e. The summed E-state index contributed by atoms with van der Waals surface area (Å²) >= 11 is 0. The van der Waals surface area contributed by atoms with Crippen molar-refractivity contribution in [1.82, 2.24) is 4.90 Å². The lowest BCUT2D eigenvalue weighted by Gasteiger charge is -2.31. The van der Waals surface area contributed by atoms with Gasteiger partial charge in [0.05, 0.1) is 6.42 Å². The highest BCUT2D eigenvalue weighted by molar-refractivity contribution is 5.80. The minimum Gasteiger partial charge on any atom is -0.336 e. The minimum absolute atomic E-state index is 0.112. The van der Waals surface area contributed by atoms with Gasteiger partial charge in [0.2, 0.25) is 5.91 Å². The second-order valence-electron chi connectivity index (χ2n) is 5.88. The molecule has 2 N–H and O–H groups in total. The lowest BCUT2D eigenvalue weighted by Crippen LogP contribution is -2.43. The van der Waals surface area contributed by atoms with Crippen LogP contribution in [0.5, 0.6) is 0 Å². The van der Waals surface area contributed by atoms with E-state index in [1.807, 2.05) is 36.1 Å². The van der Waals surface area contributed by atoms with Gasteiger partial charge in [-0.2, -0.15) is 0 Å². The van der Waals surface area contributed by atoms with Gasteiger partial charge in [0.25, 0.3) is 0 Å². The molecule has 1 amide bonds. The number of benzene rings is 1. The Hall–Kier alpha value is -1.35. The third kappa shape index (κ3) is 2.56. The largest absolute Gasteiger partial charge is 0.336 e. The first-order valence-electron chi connectivity index (χ1n) is 6.51. The number of hydrogen-bond acceptors (Lipinski definition) is 2. The monoisotopic (exact) mass is 246 g/mol. The van der Waals surface area contributed by atoms with Crippen molar-refractivity contribution < 1.29 is 4.79 Å². The second kappa shape index (κ2) is 4.73. The topological polar surface area (TPSA) is 46.3 Å². The molecule has 0 bridgehead atoms. The number of nitrogens with zero attached hydrogens (tertiary/aromatic N) is 1. The van der Waals surface area contributed by atoms with E-state index in [2.05, 4.69) is 13.8 Å². The molecule has 1 fully saturated rings. The predicted molar refractivity (Wildman–Crippen MR) is 73.3 cm³/mol. The lowest BCUT2D eigenvalue weighted by molar-refractivity contribution is -0.133. The van der Waals surface area contributed by atoms with E-state index in [9.17, 15) is 4.79 Å². The predicted octanol–water partition coefficient (Wildman–Crippen LogP) is 1.88. The number of amides is 1. The van der Waals surface area contributed by atoms with Crippen LogP contribution >= 0.6 is 0 Å². The van der Waals surface area contributed by atoms with Gasteiger partial charge < -0.3 is 10.6 Å². The first-order valence-corrected chi connectivity index (χ1v) is 6.51. The number of hydrogen-bond donors (Lipinski definition) is 1. The van der Waals surface area contributed by atoms with Crippen molar-refractivity contribution in [3.8, 4) is 0 Å². The third-order valence-corrected chi connectivity index (χ3v) is 3.81. The standard InChI is InChI=1S/C15H22N2O/c1-11-6-4-5-7-12(11)8-14(18)17-10-13(16)9-15(17,2)3/h4-7,13H,8-10,16H2,1-3H3. The molecule has 0 saturated carbocycles. The van der Waals surface area contributed by atoms with Gasteiger partial charge in [-0.25, -0.2) is 0 Å². The normalized spacial score (nSPS) is 22.2. The highest BCUT2D eigenvalue weighted by atomic mass is 16.2. The third-order valence-electron chi connectivity index (χ3n) is 3.81. The van der Waals surface area contributed by atoms with Crippen LogP contribution in [0.3, 0.4) is 0 Å². The molecular formula is C15H22N2O. The van der Waals surface area contributed by atoms with E-state index in [0.29, 0.717) is 13.0 Å². The van der Waals surface area contributed by atoms with Gasteiger partial charge in [-0.3, -0.25) is 4.79 Å². The zero-order chi connectivity index (χ0) is 13.3. The van der Waals surface area contributed by atoms with E-state index in [0.717, 1.165) is 12.0 Å². The molecule has 2 rings (SSSR count). The average molecular weight is 246 g/mol. The molecule has 1 aliphatic rings. The summed E-state index contributed by atoms with van der Waals surface area (Å²) in [6.45, 7) is 6.91. The van der Waals surface area contributed by atoms with Crippen LogP contribution < -0.4 is 5.73 Å². The molecule has 0 aliphatic carbocycles. The summed E-state index contributed by atoms with van der Waals surface area (Å²) in [5.74, 6) is 0.183. The fraction of sp³-hybridized carbons (Fsp3) is 0.533. The maximum Gasteiger partial charge on any atom is 0.227 e. The molecule has 1 aliphatic heterocycles. The molecule has 0 aromatic heterocycles. The van der Waals surface area contributed by atoms with Crippen molar-refractivity contribution >= 4 is 5.91 Å². The number of nitrogens with two attached hydrogens (primary N) is 1. The Balaban J connectivity index is 2.12. The van der Waals surface area contributed by atoms with Crippen molar-refractivity contribution in [2.45, 2.75) is 45.2 Å². The highest BCUT2D eigenvalue weighted by Crippen LogP contribution is 2.28. The van der Waals surface area contributed by atoms with Crippen LogP contribution in [0.25, 0.3) is 0 Å². The number of rotatable bonds is 2. The zero-order valence-corrected chi connectivity index (χ0v) is 11.4. The molecular weight excluding hydrogens is 224 g/mol. The molecule has 0 radical (unpaired) electrons. The van der Waals surface area contributed by atoms with Gasteiger partial charge >= 0.3 is 0 Å². The summed E-state index contributed by atoms with van der Waals surface area (Å²) in [5, 5.41) is 0. The first-order chi connectivity index (χ1) is 8.40. The number of carbonyl (C=O) groups is 1. The highest BCUT2D eigenvalue weighted by Gasteiger charge is 2.39. The van der Waals surface area contributed by atoms with E-state index in [1.54, 1.807) is 0 Å². The first kappa shape index (κ1) is 13.1. The van der Waals surface area contributed by atoms with Crippen LogP contribution in [0.2, 0.25) is 0 Å². The Morgan fingerprint density at radius 2 is 2.11 bits per heavy atom. The van der Waals surface area contributed by atoms with Gasteiger partial charge in [-0.15, -0.1) is 0 Å². The van der Waals surface area contributed by atoms with Gasteiger partial charge in [-0.05, 0) is 38.3 Å². The number of carbonyl (C=O) groups excluding carboxylic acids is 1. The quantitative estimate of drug-likeness (QED) is 0.866. The fourth-order valence-electron chi connectivity index (χ4n) is 2.80. The Labute approximate surface area is 109 Å². The molecule has 3 heteroatoms. The Morgan fingerprint density at radius 3 is 2.67 bits per heavy atom. The Kier molecular flexibility index (Phi) is 3.44. The van der Waals surface area contributed by atoms with Crippen molar-refractivity contribution in [1.29, 1.82) is 0 Å². The van der Waals surface area contributed by atoms with Crippen LogP contribution in [0, 0.1) is 6.92 Å². The maximum absolute atomic E-state index is 12.4. The molecule has 1 unspecified atom stereocenters. The molecule has 0 spiro atoms. The van der Waals surface area contributed by atoms with E-state index >= 15 is 0 Å². The van der Waals surface area contributed by atoms with Gasteiger partial charge in [0.1, 0.15) is 0 Å². The minimum atomic E-state index is -0.112. The molecule has 1 atom stereocenters. The van der Waals surface area contributed by atoms with E-state index in [1.165, 1.54) is 5.56 Å². The Bertz CT molecular complexity index is 454. The number of likely N-dealkylation sites (tertiary alicyclic amines) is 1. The SMILES string of the molecule is Cc1ccccc1CC(=O)N1CC(N)CC1(C)C. The Morgan fingerprint density at radius 1 is 1.44 bits per heavy atom. The van der Waals surface area contributed by atoms with Crippen LogP contribution in [0.4, 0.5) is 0 Å². The van der Waals surface area contributed by atoms with Gasteiger partial charge in [0.15, 0.2) is 0 Å². The van der Waals surface area contributed by atoms with Crippen LogP contribution in [0.1, 0.15) is 31.4 Å². The fourth-order valence-corrected chi connectivity index (χ4v) is 2.80. The number of aryl methyl sites for hydroxylation is 1. The molecule has 1 saturated heterocycles. The summed E-state index contributed by atoms with van der Waals surface area (Å²) in [5.41, 5.74) is 8.14.